The van der Waals surface area contributed by atoms with E-state index in [-0.39, 0.29) is 11.9 Å². The molecule has 0 spiro atoms. The Labute approximate surface area is 101 Å². The van der Waals surface area contributed by atoms with Crippen molar-refractivity contribution in [3.63, 3.8) is 0 Å². The Bertz CT molecular complexity index is 362. The lowest BCUT2D eigenvalue weighted by Gasteiger charge is -2.11. The molecule has 1 heterocycles. The molecule has 0 radical (unpaired) electrons. The van der Waals surface area contributed by atoms with Crippen LogP contribution in [0.5, 0.6) is 0 Å². The lowest BCUT2D eigenvalue weighted by Crippen LogP contribution is -2.32. The average molecular weight is 244 g/mol. The van der Waals surface area contributed by atoms with Gasteiger partial charge in [-0.1, -0.05) is 18.5 Å². The molecule has 1 aromatic heterocycles. The van der Waals surface area contributed by atoms with Crippen molar-refractivity contribution in [3.05, 3.63) is 16.9 Å². The number of halogens is 1. The zero-order chi connectivity index (χ0) is 12.1. The van der Waals surface area contributed by atoms with Gasteiger partial charge in [0.1, 0.15) is 0 Å². The third-order valence-corrected chi connectivity index (χ3v) is 2.98. The van der Waals surface area contributed by atoms with Crippen LogP contribution in [-0.2, 0) is 11.3 Å². The fourth-order valence-corrected chi connectivity index (χ4v) is 1.45. The number of nitrogens with one attached hydrogen (secondary N) is 1. The van der Waals surface area contributed by atoms with Gasteiger partial charge in [-0.2, -0.15) is 5.10 Å². The van der Waals surface area contributed by atoms with Crippen molar-refractivity contribution >= 4 is 17.5 Å². The van der Waals surface area contributed by atoms with Crippen molar-refractivity contribution in [2.24, 2.45) is 0 Å². The van der Waals surface area contributed by atoms with Gasteiger partial charge in [0.25, 0.3) is 0 Å². The number of rotatable bonds is 5. The molecule has 1 N–H and O–H groups in total. The molecule has 1 amide bonds. The number of aryl methyl sites for hydroxylation is 1. The maximum Gasteiger partial charge on any atom is 0.222 e. The first-order chi connectivity index (χ1) is 7.54. The summed E-state index contributed by atoms with van der Waals surface area (Å²) in [7, 11) is 0. The van der Waals surface area contributed by atoms with E-state index in [0.29, 0.717) is 18.0 Å². The van der Waals surface area contributed by atoms with Crippen LogP contribution in [0, 0.1) is 6.92 Å². The van der Waals surface area contributed by atoms with Gasteiger partial charge < -0.3 is 5.32 Å². The maximum absolute atomic E-state index is 11.5. The predicted octanol–water partition coefficient (Wildman–Crippen LogP) is 2.15. The molecule has 0 aromatic carbocycles. The maximum atomic E-state index is 11.5. The summed E-state index contributed by atoms with van der Waals surface area (Å²) >= 11 is 5.87. The van der Waals surface area contributed by atoms with Crippen LogP contribution in [0.4, 0.5) is 0 Å². The van der Waals surface area contributed by atoms with Crippen LogP contribution < -0.4 is 5.32 Å². The highest BCUT2D eigenvalue weighted by atomic mass is 35.5. The van der Waals surface area contributed by atoms with E-state index in [1.165, 1.54) is 0 Å². The van der Waals surface area contributed by atoms with E-state index in [1.807, 2.05) is 20.8 Å². The molecule has 0 saturated carbocycles. The molecule has 0 aliphatic rings. The van der Waals surface area contributed by atoms with Gasteiger partial charge in [-0.3, -0.25) is 9.48 Å². The van der Waals surface area contributed by atoms with Gasteiger partial charge in [0.05, 0.1) is 23.5 Å². The van der Waals surface area contributed by atoms with E-state index < -0.39 is 0 Å². The number of aromatic nitrogens is 2. The van der Waals surface area contributed by atoms with Gasteiger partial charge in [0, 0.05) is 12.5 Å². The SMILES string of the molecule is CCC(C)NC(=O)CCn1ncc(Cl)c1C. The van der Waals surface area contributed by atoms with Gasteiger partial charge in [0.2, 0.25) is 5.91 Å². The molecule has 0 saturated heterocycles. The minimum Gasteiger partial charge on any atom is -0.354 e. The minimum absolute atomic E-state index is 0.0559. The summed E-state index contributed by atoms with van der Waals surface area (Å²) in [6.45, 7) is 6.50. The Morgan fingerprint density at radius 3 is 2.88 bits per heavy atom. The van der Waals surface area contributed by atoms with Gasteiger partial charge >= 0.3 is 0 Å². The second-order valence-corrected chi connectivity index (χ2v) is 4.34. The highest BCUT2D eigenvalue weighted by Crippen LogP contribution is 2.13. The van der Waals surface area contributed by atoms with Crippen LogP contribution in [0.2, 0.25) is 5.02 Å². The molecular formula is C11H18ClN3O. The Hall–Kier alpha value is -1.03. The van der Waals surface area contributed by atoms with Crippen LogP contribution in [0.1, 0.15) is 32.4 Å². The molecule has 1 atom stereocenters. The van der Waals surface area contributed by atoms with Gasteiger partial charge in [0.15, 0.2) is 0 Å². The topological polar surface area (TPSA) is 46.9 Å². The van der Waals surface area contributed by atoms with E-state index >= 15 is 0 Å². The van der Waals surface area contributed by atoms with E-state index in [2.05, 4.69) is 10.4 Å². The lowest BCUT2D eigenvalue weighted by molar-refractivity contribution is -0.121. The average Bonchev–Trinajstić information content (AvgIpc) is 2.57. The number of hydrogen-bond acceptors (Lipinski definition) is 2. The van der Waals surface area contributed by atoms with Crippen LogP contribution >= 0.6 is 11.6 Å². The summed E-state index contributed by atoms with van der Waals surface area (Å²) in [5.41, 5.74) is 0.901. The molecule has 0 bridgehead atoms. The Morgan fingerprint density at radius 1 is 1.69 bits per heavy atom. The summed E-state index contributed by atoms with van der Waals surface area (Å²) in [4.78, 5) is 11.5. The third kappa shape index (κ3) is 3.52. The standard InChI is InChI=1S/C11H18ClN3O/c1-4-8(2)14-11(16)5-6-15-9(3)10(12)7-13-15/h7-8H,4-6H2,1-3H3,(H,14,16). The fourth-order valence-electron chi connectivity index (χ4n) is 1.31. The Kier molecular flexibility index (Phi) is 4.80. The summed E-state index contributed by atoms with van der Waals surface area (Å²) in [6, 6.07) is 0.231. The number of nitrogens with zero attached hydrogens (tertiary/aromatic N) is 2. The van der Waals surface area contributed by atoms with Crippen molar-refractivity contribution in [3.8, 4) is 0 Å². The molecule has 90 valence electrons. The molecule has 1 rings (SSSR count). The molecule has 16 heavy (non-hydrogen) atoms. The van der Waals surface area contributed by atoms with Crippen LogP contribution in [0.3, 0.4) is 0 Å². The molecule has 4 nitrogen and oxygen atoms in total. The Morgan fingerprint density at radius 2 is 2.38 bits per heavy atom. The summed E-state index contributed by atoms with van der Waals surface area (Å²) in [5.74, 6) is 0.0559. The molecule has 1 unspecified atom stereocenters. The second kappa shape index (κ2) is 5.89. The van der Waals surface area contributed by atoms with Crippen molar-refractivity contribution in [1.82, 2.24) is 15.1 Å². The van der Waals surface area contributed by atoms with Gasteiger partial charge in [-0.05, 0) is 20.3 Å². The first-order valence-electron chi connectivity index (χ1n) is 5.51. The quantitative estimate of drug-likeness (QED) is 0.862. The third-order valence-electron chi connectivity index (χ3n) is 2.61. The number of carbonyl (C=O) groups is 1. The first kappa shape index (κ1) is 13.0. The number of carbonyl (C=O) groups excluding carboxylic acids is 1. The Balaban J connectivity index is 2.40. The first-order valence-corrected chi connectivity index (χ1v) is 5.89. The molecule has 0 fully saturated rings. The predicted molar refractivity (Wildman–Crippen MR) is 64.5 cm³/mol. The van der Waals surface area contributed by atoms with Crippen molar-refractivity contribution in [1.29, 1.82) is 0 Å². The normalized spacial score (nSPS) is 12.5. The molecular weight excluding hydrogens is 226 g/mol. The van der Waals surface area contributed by atoms with E-state index in [9.17, 15) is 4.79 Å². The molecule has 0 aliphatic heterocycles. The highest BCUT2D eigenvalue weighted by molar-refractivity contribution is 6.31. The lowest BCUT2D eigenvalue weighted by atomic mass is 10.2. The fraction of sp³-hybridized carbons (Fsp3) is 0.636. The summed E-state index contributed by atoms with van der Waals surface area (Å²) in [6.07, 6.45) is 2.98. The van der Waals surface area contributed by atoms with Gasteiger partial charge in [-0.25, -0.2) is 0 Å². The minimum atomic E-state index is 0.0559. The van der Waals surface area contributed by atoms with Crippen LogP contribution in [0.15, 0.2) is 6.20 Å². The monoisotopic (exact) mass is 243 g/mol. The van der Waals surface area contributed by atoms with E-state index in [0.717, 1.165) is 12.1 Å². The van der Waals surface area contributed by atoms with E-state index in [4.69, 9.17) is 11.6 Å². The summed E-state index contributed by atoms with van der Waals surface area (Å²) in [5, 5.41) is 7.65. The van der Waals surface area contributed by atoms with Crippen molar-refractivity contribution in [2.75, 3.05) is 0 Å². The van der Waals surface area contributed by atoms with Crippen molar-refractivity contribution in [2.45, 2.75) is 46.2 Å². The largest absolute Gasteiger partial charge is 0.354 e. The zero-order valence-corrected chi connectivity index (χ0v) is 10.7. The number of hydrogen-bond donors (Lipinski definition) is 1. The molecule has 1 aromatic rings. The van der Waals surface area contributed by atoms with Crippen LogP contribution in [0.25, 0.3) is 0 Å². The van der Waals surface area contributed by atoms with Crippen LogP contribution in [-0.4, -0.2) is 21.7 Å². The smallest absolute Gasteiger partial charge is 0.222 e. The number of amides is 1. The molecule has 0 aliphatic carbocycles. The van der Waals surface area contributed by atoms with Gasteiger partial charge in [-0.15, -0.1) is 0 Å². The van der Waals surface area contributed by atoms with Crippen molar-refractivity contribution < 1.29 is 4.79 Å². The van der Waals surface area contributed by atoms with E-state index in [1.54, 1.807) is 10.9 Å². The second-order valence-electron chi connectivity index (χ2n) is 3.93. The molecule has 5 heteroatoms. The summed E-state index contributed by atoms with van der Waals surface area (Å²) < 4.78 is 1.75. The highest BCUT2D eigenvalue weighted by Gasteiger charge is 2.08. The zero-order valence-electron chi connectivity index (χ0n) is 9.96.